The molecule has 1 aromatic heterocycles. The van der Waals surface area contributed by atoms with Gasteiger partial charge in [-0.3, -0.25) is 4.79 Å². The first-order chi connectivity index (χ1) is 35.3. The van der Waals surface area contributed by atoms with Crippen molar-refractivity contribution in [1.29, 1.82) is 0 Å². The topological polar surface area (TPSA) is 223 Å². The number of aromatic nitrogens is 3. The number of carbonyl (C=O) groups excluding carboxylic acids is 1. The van der Waals surface area contributed by atoms with E-state index in [0.717, 1.165) is 30.0 Å². The zero-order chi connectivity index (χ0) is 55.7. The van der Waals surface area contributed by atoms with Gasteiger partial charge in [0.2, 0.25) is 0 Å². The number of hydrogen-bond donors (Lipinski definition) is 6. The van der Waals surface area contributed by atoms with Gasteiger partial charge in [0.05, 0.1) is 47.2 Å². The van der Waals surface area contributed by atoms with Gasteiger partial charge in [-0.25, -0.2) is 9.07 Å². The van der Waals surface area contributed by atoms with Crippen LogP contribution < -0.4 is 5.32 Å². The zero-order valence-corrected chi connectivity index (χ0v) is 48.4. The van der Waals surface area contributed by atoms with Crippen molar-refractivity contribution in [3.05, 3.63) is 47.3 Å². The number of benzene rings is 1. The van der Waals surface area contributed by atoms with E-state index in [2.05, 4.69) is 21.9 Å². The number of alkyl halides is 1. The number of thioether (sulfide) groups is 1. The second-order valence-corrected chi connectivity index (χ2v) is 24.0. The normalized spacial score (nSPS) is 38.9. The monoisotopic (exact) mass is 1080 g/mol. The van der Waals surface area contributed by atoms with Crippen LogP contribution in [0.5, 0.6) is 0 Å². The van der Waals surface area contributed by atoms with Crippen LogP contribution in [0, 0.1) is 23.7 Å². The third-order valence-corrected chi connectivity index (χ3v) is 17.6. The molecule has 3 aliphatic heterocycles. The Morgan fingerprint density at radius 3 is 2.31 bits per heavy atom. The first-order valence-corrected chi connectivity index (χ1v) is 28.6. The molecule has 18 nitrogen and oxygen atoms in total. The molecule has 6 N–H and O–H groups in total. The van der Waals surface area contributed by atoms with Crippen molar-refractivity contribution in [2.75, 3.05) is 66.6 Å². The fourth-order valence-corrected chi connectivity index (χ4v) is 12.6. The number of esters is 1. The molecule has 3 saturated heterocycles. The Morgan fingerprint density at radius 1 is 1.01 bits per heavy atom. The largest absolute Gasteiger partial charge is 0.459 e. The van der Waals surface area contributed by atoms with Gasteiger partial charge in [-0.15, -0.1) is 5.10 Å². The van der Waals surface area contributed by atoms with Gasteiger partial charge in [0, 0.05) is 83.2 Å². The fourth-order valence-electron chi connectivity index (χ4n) is 12.3. The Bertz CT molecular complexity index is 2040. The maximum Gasteiger partial charge on any atom is 0.309 e. The highest BCUT2D eigenvalue weighted by molar-refractivity contribution is 7.98. The van der Waals surface area contributed by atoms with Gasteiger partial charge in [-0.05, 0) is 104 Å². The first kappa shape index (κ1) is 63.4. The summed E-state index contributed by atoms with van der Waals surface area (Å²) in [5.41, 5.74) is -1.93. The fraction of sp³-hybridized carbons (Fsp3) is 0.836. The van der Waals surface area contributed by atoms with E-state index in [4.69, 9.17) is 28.4 Å². The lowest BCUT2D eigenvalue weighted by molar-refractivity contribution is -0.302. The highest BCUT2D eigenvalue weighted by atomic mass is 32.2. The van der Waals surface area contributed by atoms with E-state index in [1.165, 1.54) is 18.7 Å². The van der Waals surface area contributed by atoms with Crippen LogP contribution in [0.1, 0.15) is 124 Å². The molecule has 0 amide bonds. The van der Waals surface area contributed by atoms with Crippen molar-refractivity contribution in [2.24, 2.45) is 23.7 Å². The molecule has 1 aromatic carbocycles. The number of aliphatic hydroxyl groups excluding tert-OH is 3. The minimum atomic E-state index is -1.83. The van der Waals surface area contributed by atoms with E-state index in [1.54, 1.807) is 66.6 Å². The van der Waals surface area contributed by atoms with Gasteiger partial charge >= 0.3 is 5.97 Å². The minimum Gasteiger partial charge on any atom is -0.459 e. The highest BCUT2D eigenvalue weighted by Crippen LogP contribution is 2.45. The van der Waals surface area contributed by atoms with E-state index < -0.39 is 120 Å². The standard InChI is InChI=1S/C55H95FN6O12S/c1-16-44-55(10,68)48(64)36(6)61(12)30-32(2)26-53(8,67)50(34(4)45(35(5)51(66)73-44)43-27-54(9,70-14)49(65)37(7)72-43)74-52-46(63)41(25-33(3)71-52)60(11)23-21-40-31-62(59-58-40)42(28-56)47(69-13)39-19-17-38(18-20-39)29-57-22-24-75-15/h17-20,31-37,41-50,52,57,63-65,67-68H,16,21-30H2,1-15H3/t32-,33-,34+,35-,36-,37+,41+,42-,43?,44-,45+,46-,47-,48-,49+,50-,52+,53-,54-,55-/m1/s1. The number of aliphatic hydroxyl groups is 5. The average Bonchev–Trinajstić information content (AvgIpc) is 3.84. The molecule has 20 atom stereocenters. The van der Waals surface area contributed by atoms with E-state index >= 15 is 0 Å². The summed E-state index contributed by atoms with van der Waals surface area (Å²) in [6.45, 7) is 19.7. The smallest absolute Gasteiger partial charge is 0.309 e. The molecule has 2 aromatic rings. The highest BCUT2D eigenvalue weighted by Gasteiger charge is 2.55. The lowest BCUT2D eigenvalue weighted by Crippen LogP contribution is -2.62. The summed E-state index contributed by atoms with van der Waals surface area (Å²) < 4.78 is 54.5. The second-order valence-electron chi connectivity index (χ2n) is 23.0. The first-order valence-electron chi connectivity index (χ1n) is 27.2. The number of halogens is 1. The third kappa shape index (κ3) is 15.3. The molecule has 3 aliphatic rings. The molecule has 430 valence electrons. The molecule has 75 heavy (non-hydrogen) atoms. The maximum absolute atomic E-state index is 14.9. The Balaban J connectivity index is 1.42. The summed E-state index contributed by atoms with van der Waals surface area (Å²) in [5.74, 6) is -2.21. The number of nitrogens with zero attached hydrogens (tertiary/aromatic N) is 5. The summed E-state index contributed by atoms with van der Waals surface area (Å²) in [5, 5.41) is 72.5. The van der Waals surface area contributed by atoms with Crippen molar-refractivity contribution in [3.8, 4) is 0 Å². The SMILES string of the molecule is CC[C@H]1OC(=O)[C@H](C)[C@@H](C2C[C@@](C)(OC)[C@@H](O)[C@H](C)O2)[C@H](C)[C@@H](O[C@@H]2O[C@H](C)C[C@H](N(C)CCc3cn([C@H](CF)[C@H](OC)c4ccc(CNCCSC)cc4)nn3)[C@H]2O)[C@](C)(O)C[C@@H](C)CN(C)[C@H](C)[C@@H](O)[C@]1(C)O. The summed E-state index contributed by atoms with van der Waals surface area (Å²) >= 11 is 1.79. The quantitative estimate of drug-likeness (QED) is 0.0827. The molecule has 20 heteroatoms. The number of rotatable bonds is 19. The Kier molecular flexibility index (Phi) is 23.4. The number of cyclic esters (lactones) is 1. The Hall–Kier alpha value is -2.41. The van der Waals surface area contributed by atoms with Crippen LogP contribution >= 0.6 is 11.8 Å². The summed E-state index contributed by atoms with van der Waals surface area (Å²) in [6.07, 6.45) is -4.02. The number of carbonyl (C=O) groups is 1. The molecule has 0 saturated carbocycles. The summed E-state index contributed by atoms with van der Waals surface area (Å²) in [6, 6.07) is 6.17. The van der Waals surface area contributed by atoms with Crippen LogP contribution in [-0.4, -0.2) is 207 Å². The van der Waals surface area contributed by atoms with Gasteiger partial charge in [-0.1, -0.05) is 57.2 Å². The van der Waals surface area contributed by atoms with E-state index in [-0.39, 0.29) is 31.3 Å². The minimum absolute atomic E-state index is 0.176. The molecule has 0 aliphatic carbocycles. The molecule has 5 rings (SSSR count). The molecule has 0 bridgehead atoms. The van der Waals surface area contributed by atoms with Crippen molar-refractivity contribution in [2.45, 2.75) is 204 Å². The molecule has 0 radical (unpaired) electrons. The van der Waals surface area contributed by atoms with Gasteiger partial charge < -0.3 is 69.1 Å². The number of methoxy groups -OCH3 is 2. The van der Waals surface area contributed by atoms with Crippen LogP contribution in [0.2, 0.25) is 0 Å². The predicted octanol–water partition coefficient (Wildman–Crippen LogP) is 4.73. The summed E-state index contributed by atoms with van der Waals surface area (Å²) in [7, 11) is 6.84. The van der Waals surface area contributed by atoms with Gasteiger partial charge in [0.1, 0.15) is 48.8 Å². The Morgan fingerprint density at radius 2 is 1.69 bits per heavy atom. The number of likely N-dealkylation sites (N-methyl/N-ethyl adjacent to an activating group) is 2. The molecule has 3 fully saturated rings. The van der Waals surface area contributed by atoms with Crippen LogP contribution in [0.4, 0.5) is 4.39 Å². The Labute approximate surface area is 451 Å². The number of nitrogens with one attached hydrogen (secondary N) is 1. The number of ether oxygens (including phenoxy) is 6. The lowest BCUT2D eigenvalue weighted by atomic mass is 9.68. The number of hydrogen-bond acceptors (Lipinski definition) is 18. The molecular weight excluding hydrogens is 988 g/mol. The van der Waals surface area contributed by atoms with Gasteiger partial charge in [-0.2, -0.15) is 11.8 Å². The van der Waals surface area contributed by atoms with Crippen LogP contribution in [0.3, 0.4) is 0 Å². The second kappa shape index (κ2) is 27.6. The van der Waals surface area contributed by atoms with E-state index in [0.29, 0.717) is 31.6 Å². The molecule has 0 spiro atoms. The molecule has 1 unspecified atom stereocenters. The predicted molar refractivity (Wildman–Crippen MR) is 287 cm³/mol. The van der Waals surface area contributed by atoms with Crippen molar-refractivity contribution in [3.63, 3.8) is 0 Å². The van der Waals surface area contributed by atoms with Gasteiger partial charge in [0.15, 0.2) is 6.29 Å². The zero-order valence-electron chi connectivity index (χ0n) is 47.6. The van der Waals surface area contributed by atoms with Crippen LogP contribution in [0.15, 0.2) is 30.5 Å². The summed E-state index contributed by atoms with van der Waals surface area (Å²) in [4.78, 5) is 18.6. The van der Waals surface area contributed by atoms with Crippen molar-refractivity contribution < 1.29 is 63.1 Å². The third-order valence-electron chi connectivity index (χ3n) is 17.0. The van der Waals surface area contributed by atoms with E-state index in [9.17, 15) is 34.7 Å². The maximum atomic E-state index is 14.9. The van der Waals surface area contributed by atoms with Crippen LogP contribution in [0.25, 0.3) is 0 Å². The molecular formula is C55H95FN6O12S. The van der Waals surface area contributed by atoms with Crippen molar-refractivity contribution in [1.82, 2.24) is 30.1 Å². The van der Waals surface area contributed by atoms with Gasteiger partial charge in [0.25, 0.3) is 0 Å². The van der Waals surface area contributed by atoms with Crippen molar-refractivity contribution >= 4 is 17.7 Å². The molecule has 4 heterocycles. The lowest BCUT2D eigenvalue weighted by Gasteiger charge is -2.51. The van der Waals surface area contributed by atoms with E-state index in [1.807, 2.05) is 68.9 Å². The average molecular weight is 1080 g/mol. The van der Waals surface area contributed by atoms with Crippen LogP contribution in [-0.2, 0) is 46.2 Å².